The predicted octanol–water partition coefficient (Wildman–Crippen LogP) is 4.61. The number of nitrogens with one attached hydrogen (secondary N) is 1. The molecule has 0 radical (unpaired) electrons. The summed E-state index contributed by atoms with van der Waals surface area (Å²) in [5.74, 6) is 0.355. The summed E-state index contributed by atoms with van der Waals surface area (Å²) in [7, 11) is 1.57. The van der Waals surface area contributed by atoms with Crippen LogP contribution in [0.25, 0.3) is 16.7 Å². The SMILES string of the molecule is COc1c(C)cccc1C(=O)Nc1cc2nn(-c3ccc(C)cc3)nc2cc1C. The number of benzene rings is 3. The summed E-state index contributed by atoms with van der Waals surface area (Å²) in [5, 5.41) is 12.1. The number of aryl methyl sites for hydroxylation is 3. The smallest absolute Gasteiger partial charge is 0.259 e. The number of hydrogen-bond donors (Lipinski definition) is 1. The van der Waals surface area contributed by atoms with Gasteiger partial charge in [-0.15, -0.1) is 10.2 Å². The average molecular weight is 386 g/mol. The standard InChI is InChI=1S/C23H22N4O2/c1-14-8-10-17(11-9-14)27-25-20-12-16(3)19(13-21(20)26-27)24-23(28)18-7-5-6-15(2)22(18)29-4/h5-13H,1-4H3,(H,24,28). The van der Waals surface area contributed by atoms with Crippen molar-refractivity contribution in [2.45, 2.75) is 20.8 Å². The van der Waals surface area contributed by atoms with Crippen LogP contribution in [0.5, 0.6) is 5.75 Å². The molecule has 4 rings (SSSR count). The molecule has 6 nitrogen and oxygen atoms in total. The van der Waals surface area contributed by atoms with Crippen LogP contribution in [0.15, 0.2) is 54.6 Å². The summed E-state index contributed by atoms with van der Waals surface area (Å²) in [4.78, 5) is 14.5. The number of methoxy groups -OCH3 is 1. The van der Waals surface area contributed by atoms with Crippen LogP contribution in [0.2, 0.25) is 0 Å². The van der Waals surface area contributed by atoms with Gasteiger partial charge in [0.1, 0.15) is 16.8 Å². The lowest BCUT2D eigenvalue weighted by atomic mass is 10.1. The maximum absolute atomic E-state index is 12.9. The largest absolute Gasteiger partial charge is 0.496 e. The highest BCUT2D eigenvalue weighted by Gasteiger charge is 2.16. The molecular weight excluding hydrogens is 364 g/mol. The summed E-state index contributed by atoms with van der Waals surface area (Å²) in [6.07, 6.45) is 0. The fourth-order valence-corrected chi connectivity index (χ4v) is 3.29. The van der Waals surface area contributed by atoms with Crippen molar-refractivity contribution in [3.8, 4) is 11.4 Å². The van der Waals surface area contributed by atoms with Gasteiger partial charge < -0.3 is 10.1 Å². The molecule has 0 spiro atoms. The zero-order chi connectivity index (χ0) is 20.5. The molecule has 0 aliphatic carbocycles. The molecule has 1 amide bonds. The minimum atomic E-state index is -0.223. The van der Waals surface area contributed by atoms with E-state index in [0.717, 1.165) is 22.3 Å². The van der Waals surface area contributed by atoms with Crippen molar-refractivity contribution < 1.29 is 9.53 Å². The minimum Gasteiger partial charge on any atom is -0.496 e. The van der Waals surface area contributed by atoms with Crippen molar-refractivity contribution in [1.82, 2.24) is 15.0 Å². The van der Waals surface area contributed by atoms with E-state index in [1.807, 2.05) is 69.3 Å². The quantitative estimate of drug-likeness (QED) is 0.556. The molecule has 4 aromatic rings. The number of amides is 1. The van der Waals surface area contributed by atoms with Crippen LogP contribution in [-0.4, -0.2) is 28.0 Å². The van der Waals surface area contributed by atoms with Gasteiger partial charge >= 0.3 is 0 Å². The number of nitrogens with zero attached hydrogens (tertiary/aromatic N) is 3. The number of hydrogen-bond acceptors (Lipinski definition) is 4. The number of anilines is 1. The van der Waals surface area contributed by atoms with E-state index in [0.29, 0.717) is 22.5 Å². The van der Waals surface area contributed by atoms with Crippen molar-refractivity contribution in [1.29, 1.82) is 0 Å². The Labute approximate surface area is 169 Å². The molecule has 0 aliphatic heterocycles. The van der Waals surface area contributed by atoms with Crippen LogP contribution in [-0.2, 0) is 0 Å². The first-order valence-electron chi connectivity index (χ1n) is 9.36. The summed E-state index contributed by atoms with van der Waals surface area (Å²) < 4.78 is 5.41. The van der Waals surface area contributed by atoms with E-state index in [4.69, 9.17) is 4.74 Å². The molecule has 0 unspecified atom stereocenters. The van der Waals surface area contributed by atoms with E-state index in [-0.39, 0.29) is 5.91 Å². The van der Waals surface area contributed by atoms with Crippen LogP contribution in [0.3, 0.4) is 0 Å². The Bertz CT molecular complexity index is 1210. The third kappa shape index (κ3) is 3.57. The molecule has 1 N–H and O–H groups in total. The van der Waals surface area contributed by atoms with E-state index in [2.05, 4.69) is 15.5 Å². The molecule has 6 heteroatoms. The van der Waals surface area contributed by atoms with Gasteiger partial charge in [0.15, 0.2) is 0 Å². The van der Waals surface area contributed by atoms with E-state index in [9.17, 15) is 4.79 Å². The summed E-state index contributed by atoms with van der Waals surface area (Å²) in [6.45, 7) is 5.89. The molecule has 0 saturated carbocycles. The van der Waals surface area contributed by atoms with Crippen molar-refractivity contribution in [3.63, 3.8) is 0 Å². The first kappa shape index (κ1) is 18.7. The maximum Gasteiger partial charge on any atom is 0.259 e. The molecule has 3 aromatic carbocycles. The van der Waals surface area contributed by atoms with Gasteiger partial charge in [-0.3, -0.25) is 4.79 Å². The monoisotopic (exact) mass is 386 g/mol. The maximum atomic E-state index is 12.9. The average Bonchev–Trinajstić information content (AvgIpc) is 3.11. The van der Waals surface area contributed by atoms with Gasteiger partial charge in [-0.1, -0.05) is 29.8 Å². The second-order valence-corrected chi connectivity index (χ2v) is 7.09. The number of fused-ring (bicyclic) bond motifs is 1. The predicted molar refractivity (Wildman–Crippen MR) is 114 cm³/mol. The Hall–Kier alpha value is -3.67. The summed E-state index contributed by atoms with van der Waals surface area (Å²) in [5.41, 5.74) is 6.56. The zero-order valence-electron chi connectivity index (χ0n) is 16.9. The third-order valence-corrected chi connectivity index (χ3v) is 4.90. The molecule has 0 atom stereocenters. The van der Waals surface area contributed by atoms with Crippen LogP contribution < -0.4 is 10.1 Å². The van der Waals surface area contributed by atoms with E-state index in [1.165, 1.54) is 5.56 Å². The van der Waals surface area contributed by atoms with Gasteiger partial charge in [0, 0.05) is 5.69 Å². The molecule has 146 valence electrons. The number of para-hydroxylation sites is 1. The van der Waals surface area contributed by atoms with E-state index < -0.39 is 0 Å². The Kier molecular flexibility index (Phi) is 4.76. The summed E-state index contributed by atoms with van der Waals surface area (Å²) >= 11 is 0. The molecule has 0 bridgehead atoms. The van der Waals surface area contributed by atoms with Crippen LogP contribution >= 0.6 is 0 Å². The first-order chi connectivity index (χ1) is 14.0. The second kappa shape index (κ2) is 7.39. The summed E-state index contributed by atoms with van der Waals surface area (Å²) in [6, 6.07) is 17.3. The molecule has 29 heavy (non-hydrogen) atoms. The fourth-order valence-electron chi connectivity index (χ4n) is 3.29. The van der Waals surface area contributed by atoms with Crippen molar-refractivity contribution >= 4 is 22.6 Å². The molecule has 0 saturated heterocycles. The van der Waals surface area contributed by atoms with Crippen LogP contribution in [0, 0.1) is 20.8 Å². The zero-order valence-corrected chi connectivity index (χ0v) is 16.9. The van der Waals surface area contributed by atoms with Crippen LogP contribution in [0.4, 0.5) is 5.69 Å². The normalized spacial score (nSPS) is 10.9. The second-order valence-electron chi connectivity index (χ2n) is 7.09. The number of carbonyl (C=O) groups is 1. The lowest BCUT2D eigenvalue weighted by Crippen LogP contribution is -2.14. The third-order valence-electron chi connectivity index (χ3n) is 4.90. The molecule has 1 heterocycles. The molecular formula is C23H22N4O2. The Morgan fingerprint density at radius 3 is 2.31 bits per heavy atom. The molecule has 1 aromatic heterocycles. The molecule has 0 aliphatic rings. The van der Waals surface area contributed by atoms with Crippen molar-refractivity contribution in [3.05, 3.63) is 76.9 Å². The van der Waals surface area contributed by atoms with Crippen molar-refractivity contribution in [2.24, 2.45) is 0 Å². The van der Waals surface area contributed by atoms with Gasteiger partial charge in [-0.05, 0) is 62.2 Å². The van der Waals surface area contributed by atoms with Gasteiger partial charge in [0.2, 0.25) is 0 Å². The molecule has 0 fully saturated rings. The lowest BCUT2D eigenvalue weighted by Gasteiger charge is -2.12. The number of carbonyl (C=O) groups excluding carboxylic acids is 1. The van der Waals surface area contributed by atoms with E-state index in [1.54, 1.807) is 18.0 Å². The Balaban J connectivity index is 1.68. The minimum absolute atomic E-state index is 0.223. The number of rotatable bonds is 4. The van der Waals surface area contributed by atoms with Gasteiger partial charge in [-0.2, -0.15) is 4.80 Å². The first-order valence-corrected chi connectivity index (χ1v) is 9.36. The van der Waals surface area contributed by atoms with Crippen molar-refractivity contribution in [2.75, 3.05) is 12.4 Å². The van der Waals surface area contributed by atoms with Crippen LogP contribution in [0.1, 0.15) is 27.0 Å². The highest BCUT2D eigenvalue weighted by atomic mass is 16.5. The highest BCUT2D eigenvalue weighted by Crippen LogP contribution is 2.26. The van der Waals surface area contributed by atoms with Gasteiger partial charge in [0.05, 0.1) is 18.4 Å². The number of aromatic nitrogens is 3. The Morgan fingerprint density at radius 2 is 1.62 bits per heavy atom. The fraction of sp³-hybridized carbons (Fsp3) is 0.174. The highest BCUT2D eigenvalue weighted by molar-refractivity contribution is 6.07. The number of ether oxygens (including phenoxy) is 1. The van der Waals surface area contributed by atoms with Gasteiger partial charge in [-0.25, -0.2) is 0 Å². The lowest BCUT2D eigenvalue weighted by molar-refractivity contribution is 0.102. The topological polar surface area (TPSA) is 69.0 Å². The van der Waals surface area contributed by atoms with E-state index >= 15 is 0 Å². The van der Waals surface area contributed by atoms with Gasteiger partial charge in [0.25, 0.3) is 5.91 Å². The Morgan fingerprint density at radius 1 is 0.931 bits per heavy atom.